The molecule has 0 unspecified atom stereocenters. The zero-order valence-electron chi connectivity index (χ0n) is 8.30. The van der Waals surface area contributed by atoms with Crippen LogP contribution < -0.4 is 10.6 Å². The van der Waals surface area contributed by atoms with E-state index in [4.69, 9.17) is 17.0 Å². The molecular weight excluding hydrogens is 184 g/mol. The largest absolute Gasteiger partial charge is 0.381 e. The molecular formula is C9H18N2OS. The maximum atomic E-state index is 5.18. The van der Waals surface area contributed by atoms with Crippen molar-refractivity contribution in [2.24, 2.45) is 0 Å². The molecule has 0 heterocycles. The van der Waals surface area contributed by atoms with Crippen molar-refractivity contribution in [2.45, 2.75) is 38.3 Å². The van der Waals surface area contributed by atoms with Crippen molar-refractivity contribution in [1.82, 2.24) is 10.6 Å². The van der Waals surface area contributed by atoms with Crippen LogP contribution in [-0.2, 0) is 4.74 Å². The second-order valence-electron chi connectivity index (χ2n) is 3.43. The molecule has 1 rings (SSSR count). The van der Waals surface area contributed by atoms with Gasteiger partial charge in [0, 0.05) is 19.7 Å². The van der Waals surface area contributed by atoms with Crippen LogP contribution in [0.1, 0.15) is 26.2 Å². The van der Waals surface area contributed by atoms with Gasteiger partial charge in [0.15, 0.2) is 5.11 Å². The average molecular weight is 202 g/mol. The van der Waals surface area contributed by atoms with Gasteiger partial charge in [-0.25, -0.2) is 0 Å². The highest BCUT2D eigenvalue weighted by molar-refractivity contribution is 7.80. The third kappa shape index (κ3) is 3.48. The van der Waals surface area contributed by atoms with Crippen LogP contribution in [0.3, 0.4) is 0 Å². The van der Waals surface area contributed by atoms with Crippen molar-refractivity contribution in [1.29, 1.82) is 0 Å². The molecule has 0 radical (unpaired) electrons. The summed E-state index contributed by atoms with van der Waals surface area (Å²) in [5.41, 5.74) is 0. The van der Waals surface area contributed by atoms with E-state index >= 15 is 0 Å². The Kier molecular flexibility index (Phi) is 4.45. The second-order valence-corrected chi connectivity index (χ2v) is 3.83. The lowest BCUT2D eigenvalue weighted by atomic mass is 9.89. The Balaban J connectivity index is 2.03. The molecule has 0 spiro atoms. The maximum Gasteiger partial charge on any atom is 0.166 e. The fourth-order valence-electron chi connectivity index (χ4n) is 1.35. The molecule has 1 saturated carbocycles. The van der Waals surface area contributed by atoms with E-state index in [1.54, 1.807) is 7.11 Å². The smallest absolute Gasteiger partial charge is 0.166 e. The number of hydrogen-bond donors (Lipinski definition) is 2. The lowest BCUT2D eigenvalue weighted by Crippen LogP contribution is -2.50. The zero-order chi connectivity index (χ0) is 9.68. The van der Waals surface area contributed by atoms with Gasteiger partial charge in [-0.05, 0) is 31.5 Å². The molecule has 1 fully saturated rings. The predicted molar refractivity (Wildman–Crippen MR) is 57.8 cm³/mol. The van der Waals surface area contributed by atoms with Gasteiger partial charge in [0.2, 0.25) is 0 Å². The first kappa shape index (κ1) is 10.7. The summed E-state index contributed by atoms with van der Waals surface area (Å²) in [6.07, 6.45) is 3.69. The average Bonchev–Trinajstić information content (AvgIpc) is 2.07. The standard InChI is InChI=1S/C9H18N2OS/c1-3-4-10-9(13)11-7-5-8(6-7)12-2/h7-8H,3-6H2,1-2H3,(H2,10,11,13). The number of thiocarbonyl (C=S) groups is 1. The molecule has 3 nitrogen and oxygen atoms in total. The molecule has 0 bridgehead atoms. The lowest BCUT2D eigenvalue weighted by Gasteiger charge is -2.35. The lowest BCUT2D eigenvalue weighted by molar-refractivity contribution is 0.0226. The van der Waals surface area contributed by atoms with Gasteiger partial charge >= 0.3 is 0 Å². The van der Waals surface area contributed by atoms with Gasteiger partial charge in [-0.2, -0.15) is 0 Å². The summed E-state index contributed by atoms with van der Waals surface area (Å²) in [5, 5.41) is 7.18. The van der Waals surface area contributed by atoms with Gasteiger partial charge in [-0.3, -0.25) is 0 Å². The molecule has 2 N–H and O–H groups in total. The minimum absolute atomic E-state index is 0.437. The minimum Gasteiger partial charge on any atom is -0.381 e. The first-order valence-electron chi connectivity index (χ1n) is 4.83. The Labute approximate surface area is 85.2 Å². The fourth-order valence-corrected chi connectivity index (χ4v) is 1.62. The first-order chi connectivity index (χ1) is 6.26. The van der Waals surface area contributed by atoms with E-state index in [0.29, 0.717) is 12.1 Å². The van der Waals surface area contributed by atoms with Crippen molar-refractivity contribution < 1.29 is 4.74 Å². The van der Waals surface area contributed by atoms with Gasteiger partial charge in [0.05, 0.1) is 6.10 Å². The van der Waals surface area contributed by atoms with E-state index in [9.17, 15) is 0 Å². The van der Waals surface area contributed by atoms with Crippen LogP contribution in [0.15, 0.2) is 0 Å². The van der Waals surface area contributed by atoms with Crippen molar-refractivity contribution >= 4 is 17.3 Å². The number of hydrogen-bond acceptors (Lipinski definition) is 2. The number of nitrogens with one attached hydrogen (secondary N) is 2. The van der Waals surface area contributed by atoms with E-state index in [1.165, 1.54) is 0 Å². The van der Waals surface area contributed by atoms with Crippen LogP contribution in [0.25, 0.3) is 0 Å². The van der Waals surface area contributed by atoms with E-state index in [0.717, 1.165) is 30.9 Å². The molecule has 0 aromatic rings. The third-order valence-corrected chi connectivity index (χ3v) is 2.56. The van der Waals surface area contributed by atoms with Crippen LogP contribution in [0.2, 0.25) is 0 Å². The summed E-state index contributed by atoms with van der Waals surface area (Å²) in [5.74, 6) is 0. The molecule has 13 heavy (non-hydrogen) atoms. The van der Waals surface area contributed by atoms with Crippen LogP contribution in [0.5, 0.6) is 0 Å². The summed E-state index contributed by atoms with van der Waals surface area (Å²) in [6, 6.07) is 0.516. The molecule has 0 saturated heterocycles. The van der Waals surface area contributed by atoms with Crippen LogP contribution in [0, 0.1) is 0 Å². The SMILES string of the molecule is CCCNC(=S)NC1CC(OC)C1. The van der Waals surface area contributed by atoms with E-state index in [2.05, 4.69) is 17.6 Å². The highest BCUT2D eigenvalue weighted by Gasteiger charge is 2.29. The molecule has 1 aliphatic carbocycles. The van der Waals surface area contributed by atoms with Crippen molar-refractivity contribution in [2.75, 3.05) is 13.7 Å². The molecule has 4 heteroatoms. The van der Waals surface area contributed by atoms with Crippen molar-refractivity contribution in [3.63, 3.8) is 0 Å². The molecule has 76 valence electrons. The summed E-state index contributed by atoms with van der Waals surface area (Å²) in [4.78, 5) is 0. The minimum atomic E-state index is 0.437. The predicted octanol–water partition coefficient (Wildman–Crippen LogP) is 1.04. The third-order valence-electron chi connectivity index (χ3n) is 2.30. The van der Waals surface area contributed by atoms with Crippen LogP contribution in [0.4, 0.5) is 0 Å². The quantitative estimate of drug-likeness (QED) is 0.667. The van der Waals surface area contributed by atoms with Crippen molar-refractivity contribution in [3.05, 3.63) is 0 Å². The van der Waals surface area contributed by atoms with Gasteiger partial charge < -0.3 is 15.4 Å². The summed E-state index contributed by atoms with van der Waals surface area (Å²) >= 11 is 5.11. The van der Waals surface area contributed by atoms with Gasteiger partial charge in [0.1, 0.15) is 0 Å². The molecule has 1 aliphatic rings. The Morgan fingerprint density at radius 2 is 2.23 bits per heavy atom. The molecule has 0 aromatic heterocycles. The fraction of sp³-hybridized carbons (Fsp3) is 0.889. The molecule has 0 amide bonds. The molecule has 0 aliphatic heterocycles. The zero-order valence-corrected chi connectivity index (χ0v) is 9.12. The van der Waals surface area contributed by atoms with E-state index < -0.39 is 0 Å². The topological polar surface area (TPSA) is 33.3 Å². The Bertz CT molecular complexity index is 169. The van der Waals surface area contributed by atoms with Crippen molar-refractivity contribution in [3.8, 4) is 0 Å². The Hall–Kier alpha value is -0.350. The first-order valence-corrected chi connectivity index (χ1v) is 5.24. The highest BCUT2D eigenvalue weighted by atomic mass is 32.1. The maximum absolute atomic E-state index is 5.18. The Morgan fingerprint density at radius 1 is 1.54 bits per heavy atom. The molecule has 0 atom stereocenters. The number of methoxy groups -OCH3 is 1. The van der Waals surface area contributed by atoms with Gasteiger partial charge in [-0.1, -0.05) is 6.92 Å². The highest BCUT2D eigenvalue weighted by Crippen LogP contribution is 2.22. The second kappa shape index (κ2) is 5.40. The normalized spacial score (nSPS) is 26.3. The Morgan fingerprint density at radius 3 is 2.77 bits per heavy atom. The summed E-state index contributed by atoms with van der Waals surface area (Å²) < 4.78 is 5.18. The van der Waals surface area contributed by atoms with E-state index in [-0.39, 0.29) is 0 Å². The number of rotatable bonds is 4. The van der Waals surface area contributed by atoms with E-state index in [1.807, 2.05) is 0 Å². The summed E-state index contributed by atoms with van der Waals surface area (Å²) in [7, 11) is 1.76. The summed E-state index contributed by atoms with van der Waals surface area (Å²) in [6.45, 7) is 3.08. The molecule has 0 aromatic carbocycles. The number of ether oxygens (including phenoxy) is 1. The monoisotopic (exact) mass is 202 g/mol. The van der Waals surface area contributed by atoms with Crippen LogP contribution in [-0.4, -0.2) is 30.9 Å². The van der Waals surface area contributed by atoms with Gasteiger partial charge in [-0.15, -0.1) is 0 Å². The van der Waals surface area contributed by atoms with Crippen LogP contribution >= 0.6 is 12.2 Å². The van der Waals surface area contributed by atoms with Gasteiger partial charge in [0.25, 0.3) is 0 Å².